The van der Waals surface area contributed by atoms with Crippen LogP contribution >= 0.6 is 0 Å². The summed E-state index contributed by atoms with van der Waals surface area (Å²) in [6.07, 6.45) is 0.761. The Labute approximate surface area is 79.7 Å². The van der Waals surface area contributed by atoms with Crippen molar-refractivity contribution in [3.63, 3.8) is 0 Å². The molecule has 1 saturated heterocycles. The second kappa shape index (κ2) is 3.91. The zero-order chi connectivity index (χ0) is 10.1. The van der Waals surface area contributed by atoms with Gasteiger partial charge < -0.3 is 5.73 Å². The van der Waals surface area contributed by atoms with Crippen LogP contribution in [0.5, 0.6) is 0 Å². The van der Waals surface area contributed by atoms with E-state index in [-0.39, 0.29) is 6.04 Å². The molecule has 0 unspecified atom stereocenters. The Bertz CT molecular complexity index is 265. The lowest BCUT2D eigenvalue weighted by atomic mass is 10.3. The summed E-state index contributed by atoms with van der Waals surface area (Å²) in [5.41, 5.74) is 5.64. The van der Waals surface area contributed by atoms with Crippen LogP contribution in [0.3, 0.4) is 0 Å². The molecule has 0 bridgehead atoms. The van der Waals surface area contributed by atoms with E-state index in [9.17, 15) is 8.42 Å². The Kier molecular flexibility index (Phi) is 3.28. The molecule has 1 aliphatic heterocycles. The number of nitrogens with zero attached hydrogens (tertiary/aromatic N) is 2. The summed E-state index contributed by atoms with van der Waals surface area (Å²) in [6, 6.07) is 0.0000288. The predicted octanol–water partition coefficient (Wildman–Crippen LogP) is -0.784. The van der Waals surface area contributed by atoms with Gasteiger partial charge in [0.25, 0.3) is 10.2 Å². The van der Waals surface area contributed by atoms with Crippen LogP contribution in [0, 0.1) is 0 Å². The van der Waals surface area contributed by atoms with Crippen LogP contribution in [0.2, 0.25) is 0 Å². The van der Waals surface area contributed by atoms with Crippen molar-refractivity contribution in [1.82, 2.24) is 8.61 Å². The lowest BCUT2D eigenvalue weighted by Gasteiger charge is -2.22. The van der Waals surface area contributed by atoms with Gasteiger partial charge in [-0.25, -0.2) is 0 Å². The molecule has 6 heteroatoms. The van der Waals surface area contributed by atoms with Crippen molar-refractivity contribution in [3.8, 4) is 0 Å². The van der Waals surface area contributed by atoms with Crippen LogP contribution < -0.4 is 5.73 Å². The van der Waals surface area contributed by atoms with Gasteiger partial charge in [0, 0.05) is 32.7 Å². The molecule has 13 heavy (non-hydrogen) atoms. The average Bonchev–Trinajstić information content (AvgIpc) is 2.50. The number of rotatable bonds is 3. The van der Waals surface area contributed by atoms with Crippen LogP contribution in [0.4, 0.5) is 0 Å². The summed E-state index contributed by atoms with van der Waals surface area (Å²) >= 11 is 0. The largest absolute Gasteiger partial charge is 0.326 e. The standard InChI is InChI=1S/C7H17N3O2S/c1-3-9(2)13(11,12)10-5-4-7(8)6-10/h7H,3-6,8H2,1-2H3/t7-/m0/s1. The molecule has 0 aromatic heterocycles. The Hall–Kier alpha value is -0.170. The van der Waals surface area contributed by atoms with Crippen molar-refractivity contribution >= 4 is 10.2 Å². The third kappa shape index (κ3) is 2.19. The highest BCUT2D eigenvalue weighted by Gasteiger charge is 2.31. The highest BCUT2D eigenvalue weighted by molar-refractivity contribution is 7.86. The molecule has 0 aromatic rings. The smallest absolute Gasteiger partial charge is 0.281 e. The molecule has 0 aromatic carbocycles. The van der Waals surface area contributed by atoms with E-state index in [4.69, 9.17) is 5.73 Å². The lowest BCUT2D eigenvalue weighted by Crippen LogP contribution is -2.41. The first-order valence-corrected chi connectivity index (χ1v) is 5.85. The average molecular weight is 207 g/mol. The molecule has 0 amide bonds. The van der Waals surface area contributed by atoms with Crippen molar-refractivity contribution in [3.05, 3.63) is 0 Å². The summed E-state index contributed by atoms with van der Waals surface area (Å²) < 4.78 is 26.2. The lowest BCUT2D eigenvalue weighted by molar-refractivity contribution is 0.401. The zero-order valence-corrected chi connectivity index (χ0v) is 8.92. The molecule has 2 N–H and O–H groups in total. The van der Waals surface area contributed by atoms with Gasteiger partial charge in [-0.15, -0.1) is 0 Å². The third-order valence-corrected chi connectivity index (χ3v) is 4.38. The minimum atomic E-state index is -3.24. The van der Waals surface area contributed by atoms with Gasteiger partial charge in [-0.05, 0) is 6.42 Å². The maximum Gasteiger partial charge on any atom is 0.281 e. The third-order valence-electron chi connectivity index (χ3n) is 2.35. The minimum Gasteiger partial charge on any atom is -0.326 e. The molecule has 78 valence electrons. The van der Waals surface area contributed by atoms with Gasteiger partial charge in [-0.1, -0.05) is 6.92 Å². The molecule has 1 aliphatic rings. The maximum absolute atomic E-state index is 11.7. The van der Waals surface area contributed by atoms with Gasteiger partial charge in [-0.2, -0.15) is 17.0 Å². The monoisotopic (exact) mass is 207 g/mol. The Balaban J connectivity index is 2.71. The van der Waals surface area contributed by atoms with Gasteiger partial charge in [0.2, 0.25) is 0 Å². The van der Waals surface area contributed by atoms with Crippen molar-refractivity contribution in [1.29, 1.82) is 0 Å². The number of hydrogen-bond acceptors (Lipinski definition) is 3. The predicted molar refractivity (Wildman–Crippen MR) is 51.4 cm³/mol. The molecular weight excluding hydrogens is 190 g/mol. The summed E-state index contributed by atoms with van der Waals surface area (Å²) in [7, 11) is -1.65. The molecule has 5 nitrogen and oxygen atoms in total. The van der Waals surface area contributed by atoms with Gasteiger partial charge >= 0.3 is 0 Å². The molecular formula is C7H17N3O2S. The Morgan fingerprint density at radius 2 is 2.23 bits per heavy atom. The first-order valence-electron chi connectivity index (χ1n) is 4.45. The van der Waals surface area contributed by atoms with E-state index in [1.165, 1.54) is 8.61 Å². The summed E-state index contributed by atoms with van der Waals surface area (Å²) in [5.74, 6) is 0. The highest BCUT2D eigenvalue weighted by Crippen LogP contribution is 2.14. The van der Waals surface area contributed by atoms with Crippen LogP contribution in [0.25, 0.3) is 0 Å². The molecule has 1 fully saturated rings. The number of hydrogen-bond donors (Lipinski definition) is 1. The second-order valence-electron chi connectivity index (χ2n) is 3.33. The molecule has 1 rings (SSSR count). The van der Waals surface area contributed by atoms with E-state index in [0.717, 1.165) is 6.42 Å². The highest BCUT2D eigenvalue weighted by atomic mass is 32.2. The van der Waals surface area contributed by atoms with E-state index in [1.54, 1.807) is 7.05 Å². The van der Waals surface area contributed by atoms with E-state index >= 15 is 0 Å². The van der Waals surface area contributed by atoms with E-state index in [0.29, 0.717) is 19.6 Å². The first-order chi connectivity index (χ1) is 5.98. The summed E-state index contributed by atoms with van der Waals surface area (Å²) in [5, 5.41) is 0. The van der Waals surface area contributed by atoms with Crippen molar-refractivity contribution in [2.24, 2.45) is 5.73 Å². The minimum absolute atomic E-state index is 0.0000288. The summed E-state index contributed by atoms with van der Waals surface area (Å²) in [6.45, 7) is 3.31. The van der Waals surface area contributed by atoms with Gasteiger partial charge in [-0.3, -0.25) is 0 Å². The number of nitrogens with two attached hydrogens (primary N) is 1. The van der Waals surface area contributed by atoms with E-state index in [2.05, 4.69) is 0 Å². The van der Waals surface area contributed by atoms with Gasteiger partial charge in [0.15, 0.2) is 0 Å². The Morgan fingerprint density at radius 3 is 2.62 bits per heavy atom. The molecule has 0 saturated carbocycles. The van der Waals surface area contributed by atoms with Gasteiger partial charge in [0.05, 0.1) is 0 Å². The van der Waals surface area contributed by atoms with Crippen molar-refractivity contribution in [2.45, 2.75) is 19.4 Å². The first kappa shape index (κ1) is 10.9. The second-order valence-corrected chi connectivity index (χ2v) is 5.36. The van der Waals surface area contributed by atoms with Crippen LogP contribution in [0.15, 0.2) is 0 Å². The van der Waals surface area contributed by atoms with Crippen LogP contribution in [0.1, 0.15) is 13.3 Å². The maximum atomic E-state index is 11.7. The van der Waals surface area contributed by atoms with Crippen LogP contribution in [-0.4, -0.2) is 49.8 Å². The quantitative estimate of drug-likeness (QED) is 0.660. The fourth-order valence-corrected chi connectivity index (χ4v) is 2.76. The van der Waals surface area contributed by atoms with E-state index in [1.807, 2.05) is 6.92 Å². The normalized spacial score (nSPS) is 25.7. The summed E-state index contributed by atoms with van der Waals surface area (Å²) in [4.78, 5) is 0. The topological polar surface area (TPSA) is 66.6 Å². The molecule has 0 aliphatic carbocycles. The fraction of sp³-hybridized carbons (Fsp3) is 1.00. The van der Waals surface area contributed by atoms with Crippen molar-refractivity contribution < 1.29 is 8.42 Å². The Morgan fingerprint density at radius 1 is 1.62 bits per heavy atom. The van der Waals surface area contributed by atoms with Crippen LogP contribution in [-0.2, 0) is 10.2 Å². The zero-order valence-electron chi connectivity index (χ0n) is 8.10. The molecule has 0 spiro atoms. The SMILES string of the molecule is CCN(C)S(=O)(=O)N1CC[C@H](N)C1. The molecule has 1 heterocycles. The van der Waals surface area contributed by atoms with Gasteiger partial charge in [0.1, 0.15) is 0 Å². The molecule has 0 radical (unpaired) electrons. The fourth-order valence-electron chi connectivity index (χ4n) is 1.32. The van der Waals surface area contributed by atoms with E-state index < -0.39 is 10.2 Å². The molecule has 1 atom stereocenters. The van der Waals surface area contributed by atoms with Crippen molar-refractivity contribution in [2.75, 3.05) is 26.7 Å².